The van der Waals surface area contributed by atoms with E-state index in [1.807, 2.05) is 0 Å². The third-order valence-electron chi connectivity index (χ3n) is 11.8. The van der Waals surface area contributed by atoms with Gasteiger partial charge in [0.15, 0.2) is 16.6 Å². The van der Waals surface area contributed by atoms with Crippen LogP contribution < -0.4 is 0 Å². The van der Waals surface area contributed by atoms with Gasteiger partial charge < -0.3 is 18.7 Å². The largest absolute Gasteiger partial charge is 0.477 e. The molecule has 7 heteroatoms. The minimum Gasteiger partial charge on any atom is -0.477 e. The summed E-state index contributed by atoms with van der Waals surface area (Å²) in [5.74, 6) is -0.374. The zero-order valence-electron chi connectivity index (χ0n) is 29.1. The Morgan fingerprint density at radius 2 is 1.40 bits per heavy atom. The molecule has 42 heavy (non-hydrogen) atoms. The van der Waals surface area contributed by atoms with Gasteiger partial charge in [-0.3, -0.25) is 0 Å². The zero-order chi connectivity index (χ0) is 31.6. The highest BCUT2D eigenvalue weighted by Crippen LogP contribution is 2.48. The number of unbranched alkanes of at least 4 members (excludes halogenated alkanes) is 1. The topological polar surface area (TPSA) is 68.3 Å². The van der Waals surface area contributed by atoms with E-state index < -0.39 is 28.4 Å². The molecule has 0 spiro atoms. The van der Waals surface area contributed by atoms with Gasteiger partial charge in [0.1, 0.15) is 0 Å². The van der Waals surface area contributed by atoms with Gasteiger partial charge in [-0.1, -0.05) is 105 Å². The predicted octanol–water partition coefficient (Wildman–Crippen LogP) is 10.5. The Morgan fingerprint density at radius 3 is 1.93 bits per heavy atom. The number of carbonyl (C=O) groups is 1. The second kappa shape index (κ2) is 13.9. The normalized spacial score (nSPS) is 26.6. The second-order valence-electron chi connectivity index (χ2n) is 17.1. The summed E-state index contributed by atoms with van der Waals surface area (Å²) in [6.07, 6.45) is 17.4. The van der Waals surface area contributed by atoms with Gasteiger partial charge >= 0.3 is 5.97 Å². The number of carboxylic acids is 1. The maximum absolute atomic E-state index is 13.1. The van der Waals surface area contributed by atoms with Gasteiger partial charge in [-0.15, -0.1) is 0 Å². The molecular weight excluding hydrogens is 557 g/mol. The Kier molecular flexibility index (Phi) is 11.9. The quantitative estimate of drug-likeness (QED) is 0.0647. The lowest BCUT2D eigenvalue weighted by Crippen LogP contribution is -2.60. The maximum atomic E-state index is 13.1. The van der Waals surface area contributed by atoms with Crippen LogP contribution in [0, 0.1) is 17.8 Å². The van der Waals surface area contributed by atoms with Crippen LogP contribution >= 0.6 is 0 Å². The molecule has 0 aromatic rings. The molecule has 0 bridgehead atoms. The van der Waals surface area contributed by atoms with Crippen molar-refractivity contribution in [2.45, 2.75) is 186 Å². The van der Waals surface area contributed by atoms with Crippen molar-refractivity contribution in [2.24, 2.45) is 17.8 Å². The lowest BCUT2D eigenvalue weighted by molar-refractivity contribution is -0.194. The maximum Gasteiger partial charge on any atom is 0.362 e. The number of allylic oxidation sites excluding steroid dienone is 1. The fourth-order valence-electron chi connectivity index (χ4n) is 6.78. The lowest BCUT2D eigenvalue weighted by Gasteiger charge is -2.48. The van der Waals surface area contributed by atoms with Gasteiger partial charge in [0, 0.05) is 6.42 Å². The van der Waals surface area contributed by atoms with E-state index in [0.29, 0.717) is 18.8 Å². The molecule has 0 aromatic carbocycles. The molecule has 3 rings (SSSR count). The Balaban J connectivity index is 1.60. The first-order valence-electron chi connectivity index (χ1n) is 17.2. The molecule has 3 aliphatic rings. The van der Waals surface area contributed by atoms with E-state index in [0.717, 1.165) is 24.7 Å². The fraction of sp³-hybridized carbons (Fsp3) is 0.914. The fourth-order valence-corrected chi connectivity index (χ4v) is 9.59. The van der Waals surface area contributed by atoms with Crippen molar-refractivity contribution in [3.8, 4) is 0 Å². The number of aliphatic carboxylic acids is 1. The van der Waals surface area contributed by atoms with E-state index in [-0.39, 0.29) is 22.3 Å². The lowest BCUT2D eigenvalue weighted by atomic mass is 9.83. The van der Waals surface area contributed by atoms with Crippen molar-refractivity contribution >= 4 is 22.6 Å². The van der Waals surface area contributed by atoms with Crippen molar-refractivity contribution in [3.63, 3.8) is 0 Å². The summed E-state index contributed by atoms with van der Waals surface area (Å²) in [5, 5.41) is 10.5. The average Bonchev–Trinajstić information content (AvgIpc) is 3.53. The highest BCUT2D eigenvalue weighted by molar-refractivity contribution is 6.75. The van der Waals surface area contributed by atoms with E-state index in [9.17, 15) is 9.90 Å². The molecule has 1 heterocycles. The summed E-state index contributed by atoms with van der Waals surface area (Å²) in [5.41, 5.74) is 1.41. The van der Waals surface area contributed by atoms with E-state index >= 15 is 0 Å². The molecule has 244 valence electrons. The van der Waals surface area contributed by atoms with Gasteiger partial charge in [-0.25, -0.2) is 4.79 Å². The predicted molar refractivity (Wildman–Crippen MR) is 180 cm³/mol. The van der Waals surface area contributed by atoms with Gasteiger partial charge in [-0.05, 0) is 86.1 Å². The number of hydrogen-bond acceptors (Lipinski definition) is 4. The van der Waals surface area contributed by atoms with Gasteiger partial charge in [0.05, 0.1) is 12.2 Å². The monoisotopic (exact) mass is 622 g/mol. The number of ether oxygens (including phenoxy) is 1. The smallest absolute Gasteiger partial charge is 0.362 e. The highest BCUT2D eigenvalue weighted by atomic mass is 28.4. The van der Waals surface area contributed by atoms with Gasteiger partial charge in [0.25, 0.3) is 5.79 Å². The molecule has 2 aliphatic carbocycles. The van der Waals surface area contributed by atoms with Crippen molar-refractivity contribution < 1.29 is 23.5 Å². The van der Waals surface area contributed by atoms with Crippen LogP contribution in [-0.2, 0) is 18.4 Å². The minimum atomic E-state index is -2.44. The Morgan fingerprint density at radius 1 is 0.857 bits per heavy atom. The van der Waals surface area contributed by atoms with Crippen LogP contribution in [0.3, 0.4) is 0 Å². The molecule has 1 unspecified atom stereocenters. The molecule has 0 radical (unpaired) electrons. The molecule has 1 aliphatic heterocycles. The molecular formula is C35H66O5Si2. The summed E-state index contributed by atoms with van der Waals surface area (Å²) < 4.78 is 19.7. The van der Waals surface area contributed by atoms with Crippen LogP contribution in [0.2, 0.25) is 36.3 Å². The Hall–Kier alpha value is -0.476. The summed E-state index contributed by atoms with van der Waals surface area (Å²) in [7, 11) is -4.88. The average molecular weight is 623 g/mol. The molecule has 1 saturated heterocycles. The van der Waals surface area contributed by atoms with Crippen LogP contribution in [0.4, 0.5) is 0 Å². The first-order valence-corrected chi connectivity index (χ1v) is 23.1. The number of hydrogen-bond donors (Lipinski definition) is 1. The van der Waals surface area contributed by atoms with Crippen molar-refractivity contribution in [3.05, 3.63) is 12.2 Å². The summed E-state index contributed by atoms with van der Waals surface area (Å²) >= 11 is 0. The summed E-state index contributed by atoms with van der Waals surface area (Å²) in [6, 6.07) is 0. The third kappa shape index (κ3) is 9.28. The van der Waals surface area contributed by atoms with Crippen LogP contribution in [0.15, 0.2) is 12.2 Å². The van der Waals surface area contributed by atoms with Crippen LogP contribution in [0.5, 0.6) is 0 Å². The molecule has 3 fully saturated rings. The Bertz CT molecular complexity index is 881. The van der Waals surface area contributed by atoms with Gasteiger partial charge in [-0.2, -0.15) is 0 Å². The highest BCUT2D eigenvalue weighted by Gasteiger charge is 2.56. The van der Waals surface area contributed by atoms with E-state index in [4.69, 9.17) is 13.6 Å². The summed E-state index contributed by atoms with van der Waals surface area (Å²) in [4.78, 5) is 13.1. The van der Waals surface area contributed by atoms with Crippen LogP contribution in [0.1, 0.15) is 131 Å². The zero-order valence-corrected chi connectivity index (χ0v) is 31.1. The van der Waals surface area contributed by atoms with Crippen molar-refractivity contribution in [2.75, 3.05) is 0 Å². The Labute approximate surface area is 261 Å². The summed E-state index contributed by atoms with van der Waals surface area (Å²) in [6.45, 7) is 25.9. The van der Waals surface area contributed by atoms with Crippen molar-refractivity contribution in [1.29, 1.82) is 0 Å². The minimum absolute atomic E-state index is 0.0788. The SMILES string of the molecule is C=C1CC[C@H](CCCCC2CCCCC2)[C@H]1C[C@H]1OC1CCC(O[Si](C)(C)C(C)(C)C)(O[Si](C)(C)C(C)(C)C)C(=O)O. The number of carboxylic acid groups (broad SMARTS) is 1. The molecule has 5 nitrogen and oxygen atoms in total. The first-order chi connectivity index (χ1) is 19.3. The van der Waals surface area contributed by atoms with E-state index in [2.05, 4.69) is 74.3 Å². The number of rotatable bonds is 15. The standard InChI is InChI=1S/C35H66O5Si2/c1-26-21-22-28(20-16-15-19-27-17-13-12-14-18-27)29(26)25-31-30(38-31)23-24-35(32(36)37,39-41(8,9)33(2,3)4)40-42(10,11)34(5,6)7/h27-31H,1,12-25H2,2-11H3,(H,36,37)/t28-,29-,30?,31+/m0/s1. The molecule has 0 amide bonds. The number of epoxide rings is 1. The van der Waals surface area contributed by atoms with Crippen LogP contribution in [-0.4, -0.2) is 45.7 Å². The van der Waals surface area contributed by atoms with Gasteiger partial charge in [0.2, 0.25) is 0 Å². The van der Waals surface area contributed by atoms with Crippen molar-refractivity contribution in [1.82, 2.24) is 0 Å². The van der Waals surface area contributed by atoms with Crippen LogP contribution in [0.25, 0.3) is 0 Å². The molecule has 0 aromatic heterocycles. The second-order valence-corrected chi connectivity index (χ2v) is 26.6. The molecule has 1 N–H and O–H groups in total. The molecule has 4 atom stereocenters. The molecule has 2 saturated carbocycles. The third-order valence-corrected chi connectivity index (χ3v) is 20.7. The van der Waals surface area contributed by atoms with E-state index in [1.165, 1.54) is 69.8 Å². The first kappa shape index (κ1) is 36.0. The van der Waals surface area contributed by atoms with E-state index in [1.54, 1.807) is 0 Å².